The summed E-state index contributed by atoms with van der Waals surface area (Å²) in [5, 5.41) is 9.36. The molecule has 0 saturated heterocycles. The number of nitrogens with two attached hydrogens (primary N) is 1. The minimum atomic E-state index is -0.510. The third-order valence-electron chi connectivity index (χ3n) is 3.03. The van der Waals surface area contributed by atoms with Gasteiger partial charge in [0.25, 0.3) is 5.91 Å². The number of nitrogens with zero attached hydrogens (tertiary/aromatic N) is 3. The lowest BCUT2D eigenvalue weighted by atomic mass is 10.2. The van der Waals surface area contributed by atoms with E-state index in [2.05, 4.69) is 25.5 Å². The zero-order valence-electron chi connectivity index (χ0n) is 10.2. The van der Waals surface area contributed by atoms with Gasteiger partial charge in [0, 0.05) is 5.92 Å². The quantitative estimate of drug-likeness (QED) is 0.753. The number of H-pyrrole nitrogens is 1. The van der Waals surface area contributed by atoms with Gasteiger partial charge in [-0.05, 0) is 12.8 Å². The number of nitrogen functional groups attached to an aromatic ring is 1. The molecule has 104 valence electrons. The van der Waals surface area contributed by atoms with E-state index < -0.39 is 5.91 Å². The Kier molecular flexibility index (Phi) is 3.23. The Morgan fingerprint density at radius 2 is 2.00 bits per heavy atom. The molecule has 1 aliphatic carbocycles. The molecule has 0 radical (unpaired) electrons. The van der Waals surface area contributed by atoms with Crippen molar-refractivity contribution in [3.05, 3.63) is 28.0 Å². The smallest absolute Gasteiger partial charge is 0.278 e. The molecule has 1 aliphatic rings. The summed E-state index contributed by atoms with van der Waals surface area (Å²) in [7, 11) is 0. The maximum absolute atomic E-state index is 12.1. The second-order valence-corrected chi connectivity index (χ2v) is 5.17. The number of amides is 1. The van der Waals surface area contributed by atoms with Gasteiger partial charge in [-0.15, -0.1) is 0 Å². The number of carbonyl (C=O) groups is 1. The second kappa shape index (κ2) is 4.92. The van der Waals surface area contributed by atoms with E-state index in [-0.39, 0.29) is 21.7 Å². The Hall–Kier alpha value is -1.86. The first-order chi connectivity index (χ1) is 9.58. The number of nitrogens with one attached hydrogen (secondary N) is 2. The van der Waals surface area contributed by atoms with Gasteiger partial charge in [0.1, 0.15) is 12.0 Å². The Bertz CT molecular complexity index is 661. The largest absolute Gasteiger partial charge is 0.395 e. The molecule has 3 rings (SSSR count). The third kappa shape index (κ3) is 2.30. The lowest BCUT2D eigenvalue weighted by Crippen LogP contribution is -2.15. The van der Waals surface area contributed by atoms with Crippen LogP contribution >= 0.6 is 23.2 Å². The van der Waals surface area contributed by atoms with Gasteiger partial charge in [0.05, 0.1) is 11.4 Å². The lowest BCUT2D eigenvalue weighted by molar-refractivity contribution is 0.102. The molecule has 2 aromatic rings. The Labute approximate surface area is 123 Å². The predicted octanol–water partition coefficient (Wildman–Crippen LogP) is 2.22. The monoisotopic (exact) mass is 312 g/mol. The number of carbonyl (C=O) groups excluding carboxylic acids is 1. The van der Waals surface area contributed by atoms with Crippen molar-refractivity contribution in [2.75, 3.05) is 11.1 Å². The number of hydrogen-bond acceptors (Lipinski definition) is 5. The number of anilines is 2. The Balaban J connectivity index is 1.86. The van der Waals surface area contributed by atoms with E-state index in [1.165, 1.54) is 6.33 Å². The summed E-state index contributed by atoms with van der Waals surface area (Å²) in [6.45, 7) is 0. The summed E-state index contributed by atoms with van der Waals surface area (Å²) in [6.07, 6.45) is 3.31. The summed E-state index contributed by atoms with van der Waals surface area (Å²) >= 11 is 11.7. The molecule has 0 atom stereocenters. The third-order valence-corrected chi connectivity index (χ3v) is 3.60. The van der Waals surface area contributed by atoms with E-state index in [1.807, 2.05) is 0 Å². The molecular weight excluding hydrogens is 303 g/mol. The molecule has 2 heterocycles. The standard InChI is InChI=1S/C11H10Cl2N6O/c12-9-8(10(13)16-3-15-9)17-11(20)7-5(14)6(18-19-7)4-1-2-4/h3-4H,1-2,14H2,(H,17,20)(H,18,19). The molecule has 0 unspecified atom stereocenters. The number of hydrogen-bond donors (Lipinski definition) is 3. The highest BCUT2D eigenvalue weighted by atomic mass is 35.5. The fourth-order valence-electron chi connectivity index (χ4n) is 1.84. The van der Waals surface area contributed by atoms with Gasteiger partial charge in [-0.1, -0.05) is 23.2 Å². The Morgan fingerprint density at radius 3 is 2.60 bits per heavy atom. The van der Waals surface area contributed by atoms with Crippen LogP contribution in [0.1, 0.15) is 34.9 Å². The molecule has 4 N–H and O–H groups in total. The van der Waals surface area contributed by atoms with Gasteiger partial charge in [-0.2, -0.15) is 5.10 Å². The summed E-state index contributed by atoms with van der Waals surface area (Å²) in [5.74, 6) is -0.138. The van der Waals surface area contributed by atoms with Crippen LogP contribution in [-0.4, -0.2) is 26.1 Å². The Morgan fingerprint density at radius 1 is 1.35 bits per heavy atom. The van der Waals surface area contributed by atoms with E-state index in [0.717, 1.165) is 18.5 Å². The van der Waals surface area contributed by atoms with Crippen molar-refractivity contribution < 1.29 is 4.79 Å². The van der Waals surface area contributed by atoms with Crippen LogP contribution in [0.25, 0.3) is 0 Å². The summed E-state index contributed by atoms with van der Waals surface area (Å²) < 4.78 is 0. The van der Waals surface area contributed by atoms with Crippen molar-refractivity contribution in [3.8, 4) is 0 Å². The fraction of sp³-hybridized carbons (Fsp3) is 0.273. The first kappa shape index (κ1) is 13.1. The summed E-state index contributed by atoms with van der Waals surface area (Å²) in [4.78, 5) is 19.6. The van der Waals surface area contributed by atoms with Crippen LogP contribution in [0.15, 0.2) is 6.33 Å². The topological polar surface area (TPSA) is 110 Å². The van der Waals surface area contributed by atoms with E-state index in [4.69, 9.17) is 28.9 Å². The highest BCUT2D eigenvalue weighted by molar-refractivity contribution is 6.38. The SMILES string of the molecule is Nc1c(C(=O)Nc2c(Cl)ncnc2Cl)n[nH]c1C1CC1. The van der Waals surface area contributed by atoms with Crippen LogP contribution in [0.4, 0.5) is 11.4 Å². The van der Waals surface area contributed by atoms with Gasteiger partial charge < -0.3 is 11.1 Å². The zero-order chi connectivity index (χ0) is 14.3. The molecule has 1 amide bonds. The maximum Gasteiger partial charge on any atom is 0.278 e. The average molecular weight is 313 g/mol. The first-order valence-corrected chi connectivity index (χ1v) is 6.64. The van der Waals surface area contributed by atoms with Crippen LogP contribution in [-0.2, 0) is 0 Å². The molecule has 9 heteroatoms. The molecule has 0 aliphatic heterocycles. The average Bonchev–Trinajstić information content (AvgIpc) is 3.17. The van der Waals surface area contributed by atoms with Crippen LogP contribution in [0.3, 0.4) is 0 Å². The maximum atomic E-state index is 12.1. The summed E-state index contributed by atoms with van der Waals surface area (Å²) in [6, 6.07) is 0. The molecule has 20 heavy (non-hydrogen) atoms. The molecule has 0 bridgehead atoms. The van der Waals surface area contributed by atoms with Crippen molar-refractivity contribution in [1.29, 1.82) is 0 Å². The molecule has 1 fully saturated rings. The van der Waals surface area contributed by atoms with Crippen LogP contribution in [0.5, 0.6) is 0 Å². The first-order valence-electron chi connectivity index (χ1n) is 5.89. The zero-order valence-corrected chi connectivity index (χ0v) is 11.7. The van der Waals surface area contributed by atoms with Crippen LogP contribution in [0.2, 0.25) is 10.3 Å². The van der Waals surface area contributed by atoms with Gasteiger partial charge in [-0.25, -0.2) is 9.97 Å². The van der Waals surface area contributed by atoms with E-state index >= 15 is 0 Å². The van der Waals surface area contributed by atoms with E-state index in [0.29, 0.717) is 11.6 Å². The minimum absolute atomic E-state index is 0.0508. The van der Waals surface area contributed by atoms with Crippen molar-refractivity contribution in [1.82, 2.24) is 20.2 Å². The van der Waals surface area contributed by atoms with Gasteiger partial charge in [-0.3, -0.25) is 9.89 Å². The van der Waals surface area contributed by atoms with Gasteiger partial charge >= 0.3 is 0 Å². The predicted molar refractivity (Wildman–Crippen MR) is 75.0 cm³/mol. The lowest BCUT2D eigenvalue weighted by Gasteiger charge is -2.06. The second-order valence-electron chi connectivity index (χ2n) is 4.46. The van der Waals surface area contributed by atoms with Crippen molar-refractivity contribution in [3.63, 3.8) is 0 Å². The number of rotatable bonds is 3. The number of aromatic amines is 1. The highest BCUT2D eigenvalue weighted by Crippen LogP contribution is 2.42. The molecule has 2 aromatic heterocycles. The van der Waals surface area contributed by atoms with E-state index in [1.54, 1.807) is 0 Å². The van der Waals surface area contributed by atoms with Crippen molar-refractivity contribution in [2.45, 2.75) is 18.8 Å². The van der Waals surface area contributed by atoms with E-state index in [9.17, 15) is 4.79 Å². The normalized spacial score (nSPS) is 14.3. The van der Waals surface area contributed by atoms with Crippen molar-refractivity contribution in [2.24, 2.45) is 0 Å². The molecule has 7 nitrogen and oxygen atoms in total. The van der Waals surface area contributed by atoms with Gasteiger partial charge in [0.2, 0.25) is 0 Å². The molecule has 1 saturated carbocycles. The molecule has 0 aromatic carbocycles. The van der Waals surface area contributed by atoms with Crippen molar-refractivity contribution >= 4 is 40.5 Å². The van der Waals surface area contributed by atoms with Crippen LogP contribution < -0.4 is 11.1 Å². The summed E-state index contributed by atoms with van der Waals surface area (Å²) in [5.41, 5.74) is 7.33. The van der Waals surface area contributed by atoms with Crippen LogP contribution in [0, 0.1) is 0 Å². The minimum Gasteiger partial charge on any atom is -0.395 e. The fourth-order valence-corrected chi connectivity index (χ4v) is 2.25. The molecular formula is C11H10Cl2N6O. The van der Waals surface area contributed by atoms with Gasteiger partial charge in [0.15, 0.2) is 16.0 Å². The number of aromatic nitrogens is 4. The molecule has 0 spiro atoms. The number of halogens is 2. The highest BCUT2D eigenvalue weighted by Gasteiger charge is 2.30.